The van der Waals surface area contributed by atoms with Crippen molar-refractivity contribution in [1.29, 1.82) is 0 Å². The number of hydrogen-bond donors (Lipinski definition) is 1. The largest absolute Gasteiger partial charge is 0.497 e. The quantitative estimate of drug-likeness (QED) is 0.938. The van der Waals surface area contributed by atoms with Gasteiger partial charge in [0.1, 0.15) is 5.75 Å². The molecule has 1 amide bonds. The van der Waals surface area contributed by atoms with Crippen LogP contribution in [0.5, 0.6) is 5.75 Å². The number of rotatable bonds is 4. The number of carbonyl (C=O) groups is 1. The Morgan fingerprint density at radius 2 is 1.92 bits per heavy atom. The summed E-state index contributed by atoms with van der Waals surface area (Å²) < 4.78 is 10.7. The molecule has 3 rings (SSSR count). The highest BCUT2D eigenvalue weighted by molar-refractivity contribution is 5.95. The first-order valence-electron chi connectivity index (χ1n) is 8.11. The Kier molecular flexibility index (Phi) is 4.81. The van der Waals surface area contributed by atoms with Gasteiger partial charge < -0.3 is 14.8 Å². The molecule has 5 nitrogen and oxygen atoms in total. The fraction of sp³-hybridized carbons (Fsp3) is 0.368. The molecule has 1 aromatic carbocycles. The Balaban J connectivity index is 1.91. The van der Waals surface area contributed by atoms with Gasteiger partial charge in [-0.05, 0) is 49.6 Å². The fourth-order valence-electron chi connectivity index (χ4n) is 3.12. The molecule has 1 N–H and O–H groups in total. The molecule has 2 aromatic rings. The monoisotopic (exact) mass is 326 g/mol. The topological polar surface area (TPSA) is 60.5 Å². The van der Waals surface area contributed by atoms with Crippen LogP contribution >= 0.6 is 0 Å². The van der Waals surface area contributed by atoms with E-state index >= 15 is 0 Å². The molecular weight excluding hydrogens is 304 g/mol. The maximum atomic E-state index is 12.8. The Morgan fingerprint density at radius 1 is 1.21 bits per heavy atom. The smallest absolute Gasteiger partial charge is 0.253 e. The third kappa shape index (κ3) is 3.26. The number of amides is 1. The molecule has 0 radical (unpaired) electrons. The van der Waals surface area contributed by atoms with Gasteiger partial charge in [0.05, 0.1) is 18.2 Å². The molecule has 5 heteroatoms. The van der Waals surface area contributed by atoms with Crippen molar-refractivity contribution in [3.8, 4) is 5.75 Å². The highest BCUT2D eigenvalue weighted by Crippen LogP contribution is 2.33. The number of benzene rings is 1. The summed E-state index contributed by atoms with van der Waals surface area (Å²) in [6, 6.07) is 11.5. The fourth-order valence-corrected chi connectivity index (χ4v) is 3.12. The highest BCUT2D eigenvalue weighted by Gasteiger charge is 2.36. The van der Waals surface area contributed by atoms with Crippen LogP contribution in [0.15, 0.2) is 42.6 Å². The van der Waals surface area contributed by atoms with Crippen LogP contribution in [-0.4, -0.2) is 31.2 Å². The van der Waals surface area contributed by atoms with E-state index in [1.165, 1.54) is 0 Å². The lowest BCUT2D eigenvalue weighted by Crippen LogP contribution is -2.49. The number of nitrogens with one attached hydrogen (secondary N) is 1. The Labute approximate surface area is 142 Å². The van der Waals surface area contributed by atoms with Gasteiger partial charge in [0.15, 0.2) is 0 Å². The van der Waals surface area contributed by atoms with Crippen LogP contribution in [0.1, 0.15) is 34.5 Å². The van der Waals surface area contributed by atoms with E-state index in [1.807, 2.05) is 31.2 Å². The number of hydrogen-bond acceptors (Lipinski definition) is 4. The number of aryl methyl sites for hydroxylation is 1. The third-order valence-electron chi connectivity index (χ3n) is 4.59. The van der Waals surface area contributed by atoms with Gasteiger partial charge in [-0.15, -0.1) is 0 Å². The molecule has 0 aliphatic carbocycles. The van der Waals surface area contributed by atoms with Gasteiger partial charge >= 0.3 is 0 Å². The zero-order valence-corrected chi connectivity index (χ0v) is 14.0. The van der Waals surface area contributed by atoms with E-state index in [2.05, 4.69) is 10.3 Å². The van der Waals surface area contributed by atoms with E-state index in [0.717, 1.165) is 29.8 Å². The molecule has 0 atom stereocenters. The summed E-state index contributed by atoms with van der Waals surface area (Å²) in [5, 5.41) is 3.24. The van der Waals surface area contributed by atoms with Crippen molar-refractivity contribution < 1.29 is 14.3 Å². The van der Waals surface area contributed by atoms with Gasteiger partial charge in [-0.2, -0.15) is 0 Å². The summed E-state index contributed by atoms with van der Waals surface area (Å²) in [5.74, 6) is 0.703. The van der Waals surface area contributed by atoms with Crippen molar-refractivity contribution >= 4 is 5.91 Å². The maximum absolute atomic E-state index is 12.8. The maximum Gasteiger partial charge on any atom is 0.253 e. The van der Waals surface area contributed by atoms with Crippen LogP contribution in [0.25, 0.3) is 0 Å². The minimum atomic E-state index is -0.427. The molecule has 0 unspecified atom stereocenters. The normalized spacial score (nSPS) is 16.4. The Bertz CT molecular complexity index is 707. The number of nitrogens with zero attached hydrogens (tertiary/aromatic N) is 1. The zero-order chi connectivity index (χ0) is 17.0. The van der Waals surface area contributed by atoms with Crippen molar-refractivity contribution in [2.45, 2.75) is 25.3 Å². The summed E-state index contributed by atoms with van der Waals surface area (Å²) in [6.45, 7) is 3.09. The summed E-state index contributed by atoms with van der Waals surface area (Å²) >= 11 is 0. The summed E-state index contributed by atoms with van der Waals surface area (Å²) in [5.41, 5.74) is 1.98. The lowest BCUT2D eigenvalue weighted by molar-refractivity contribution is 0.0345. The van der Waals surface area contributed by atoms with Crippen molar-refractivity contribution in [3.05, 3.63) is 59.4 Å². The highest BCUT2D eigenvalue weighted by atomic mass is 16.5. The van der Waals surface area contributed by atoms with E-state index in [1.54, 1.807) is 25.4 Å². The lowest BCUT2D eigenvalue weighted by Gasteiger charge is -2.38. The van der Waals surface area contributed by atoms with Crippen LogP contribution in [0.4, 0.5) is 0 Å². The second-order valence-corrected chi connectivity index (χ2v) is 6.01. The van der Waals surface area contributed by atoms with Gasteiger partial charge in [0.2, 0.25) is 0 Å². The molecule has 0 saturated carbocycles. The van der Waals surface area contributed by atoms with E-state index in [9.17, 15) is 4.79 Å². The number of ether oxygens (including phenoxy) is 2. The summed E-state index contributed by atoms with van der Waals surface area (Å²) in [7, 11) is 1.65. The molecule has 2 heterocycles. The predicted octanol–water partition coefficient (Wildman–Crippen LogP) is 2.83. The first-order chi connectivity index (χ1) is 11.6. The van der Waals surface area contributed by atoms with Gasteiger partial charge in [0.25, 0.3) is 5.91 Å². The number of carbonyl (C=O) groups excluding carboxylic acids is 1. The average molecular weight is 326 g/mol. The van der Waals surface area contributed by atoms with E-state index in [4.69, 9.17) is 9.47 Å². The Morgan fingerprint density at radius 3 is 2.54 bits per heavy atom. The molecule has 0 spiro atoms. The Hall–Kier alpha value is -2.40. The third-order valence-corrected chi connectivity index (χ3v) is 4.59. The summed E-state index contributed by atoms with van der Waals surface area (Å²) in [6.07, 6.45) is 3.18. The lowest BCUT2D eigenvalue weighted by atomic mass is 9.82. The van der Waals surface area contributed by atoms with Crippen molar-refractivity contribution in [2.24, 2.45) is 0 Å². The van der Waals surface area contributed by atoms with Gasteiger partial charge in [-0.25, -0.2) is 0 Å². The van der Waals surface area contributed by atoms with E-state index < -0.39 is 5.54 Å². The van der Waals surface area contributed by atoms with Gasteiger partial charge in [-0.1, -0.05) is 12.1 Å². The second-order valence-electron chi connectivity index (χ2n) is 6.01. The van der Waals surface area contributed by atoms with Gasteiger partial charge in [-0.3, -0.25) is 9.78 Å². The number of pyridine rings is 1. The summed E-state index contributed by atoms with van der Waals surface area (Å²) in [4.78, 5) is 17.0. The zero-order valence-electron chi connectivity index (χ0n) is 14.0. The van der Waals surface area contributed by atoms with Crippen LogP contribution in [0.3, 0.4) is 0 Å². The van der Waals surface area contributed by atoms with E-state index in [-0.39, 0.29) is 5.91 Å². The number of methoxy groups -OCH3 is 1. The van der Waals surface area contributed by atoms with Crippen LogP contribution in [0.2, 0.25) is 0 Å². The van der Waals surface area contributed by atoms with Crippen LogP contribution in [-0.2, 0) is 10.3 Å². The van der Waals surface area contributed by atoms with Gasteiger partial charge in [0, 0.05) is 25.1 Å². The molecular formula is C19H22N2O3. The molecule has 126 valence electrons. The second kappa shape index (κ2) is 7.01. The number of aromatic nitrogens is 1. The molecule has 1 aliphatic heterocycles. The minimum absolute atomic E-state index is 0.0988. The molecule has 1 aromatic heterocycles. The molecule has 1 fully saturated rings. The predicted molar refractivity (Wildman–Crippen MR) is 91.2 cm³/mol. The van der Waals surface area contributed by atoms with Crippen molar-refractivity contribution in [1.82, 2.24) is 10.3 Å². The van der Waals surface area contributed by atoms with Crippen molar-refractivity contribution in [3.63, 3.8) is 0 Å². The molecule has 1 saturated heterocycles. The average Bonchev–Trinajstić information content (AvgIpc) is 2.63. The molecule has 24 heavy (non-hydrogen) atoms. The van der Waals surface area contributed by atoms with Crippen molar-refractivity contribution in [2.75, 3.05) is 20.3 Å². The van der Waals surface area contributed by atoms with Crippen LogP contribution in [0, 0.1) is 6.92 Å². The molecule has 0 bridgehead atoms. The first-order valence-corrected chi connectivity index (χ1v) is 8.11. The SMILES string of the molecule is COc1ccc(C2(NC(=O)c3cccnc3C)CCOCC2)cc1. The minimum Gasteiger partial charge on any atom is -0.497 e. The van der Waals surface area contributed by atoms with E-state index in [0.29, 0.717) is 18.8 Å². The standard InChI is InChI=1S/C19H22N2O3/c1-14-17(4-3-11-20-14)18(22)21-19(9-12-24-13-10-19)15-5-7-16(23-2)8-6-15/h3-8,11H,9-10,12-13H2,1-2H3,(H,21,22). The first kappa shape index (κ1) is 16.5. The molecule has 1 aliphatic rings. The van der Waals surface area contributed by atoms with Crippen LogP contribution < -0.4 is 10.1 Å².